The fourth-order valence-electron chi connectivity index (χ4n) is 5.81. The Labute approximate surface area is 190 Å². The van der Waals surface area contributed by atoms with Crippen molar-refractivity contribution < 1.29 is 14.0 Å². The van der Waals surface area contributed by atoms with Crippen LogP contribution in [0.3, 0.4) is 0 Å². The van der Waals surface area contributed by atoms with Crippen LogP contribution in [0.2, 0.25) is 0 Å². The summed E-state index contributed by atoms with van der Waals surface area (Å²) in [5.74, 6) is -0.0941. The molecule has 2 aromatic heterocycles. The van der Waals surface area contributed by atoms with Crippen molar-refractivity contribution in [2.45, 2.75) is 82.8 Å². The van der Waals surface area contributed by atoms with E-state index in [2.05, 4.69) is 10.2 Å². The van der Waals surface area contributed by atoms with Gasteiger partial charge >= 0.3 is 0 Å². The molecule has 4 heterocycles. The monoisotopic (exact) mass is 440 g/mol. The molecule has 7 nitrogen and oxygen atoms in total. The second-order valence-corrected chi connectivity index (χ2v) is 10.1. The van der Waals surface area contributed by atoms with Crippen LogP contribution in [0.5, 0.6) is 0 Å². The van der Waals surface area contributed by atoms with Gasteiger partial charge < -0.3 is 24.1 Å². The molecular formula is C25H36N4O3. The quantitative estimate of drug-likeness (QED) is 0.768. The number of amides is 2. The zero-order valence-electron chi connectivity index (χ0n) is 19.3. The Morgan fingerprint density at radius 2 is 1.81 bits per heavy atom. The second kappa shape index (κ2) is 8.93. The van der Waals surface area contributed by atoms with Gasteiger partial charge in [-0.25, -0.2) is 0 Å². The maximum atomic E-state index is 13.7. The van der Waals surface area contributed by atoms with E-state index in [1.54, 1.807) is 6.26 Å². The van der Waals surface area contributed by atoms with E-state index in [4.69, 9.17) is 4.42 Å². The molecule has 1 aliphatic carbocycles. The lowest BCUT2D eigenvalue weighted by atomic mass is 9.91. The van der Waals surface area contributed by atoms with Crippen LogP contribution in [0.1, 0.15) is 75.2 Å². The minimum absolute atomic E-state index is 0.0235. The number of likely N-dealkylation sites (tertiary alicyclic amines) is 1. The highest BCUT2D eigenvalue weighted by atomic mass is 16.3. The Kier molecular flexibility index (Phi) is 6.01. The van der Waals surface area contributed by atoms with Gasteiger partial charge in [-0.2, -0.15) is 0 Å². The molecule has 0 bridgehead atoms. The maximum absolute atomic E-state index is 13.7. The summed E-state index contributed by atoms with van der Waals surface area (Å²) in [6.45, 7) is 5.94. The normalized spacial score (nSPS) is 25.7. The molecule has 1 atom stereocenters. The number of carbonyl (C=O) groups is 2. The Morgan fingerprint density at radius 1 is 1.09 bits per heavy atom. The van der Waals surface area contributed by atoms with Gasteiger partial charge in [0.05, 0.1) is 18.3 Å². The zero-order valence-corrected chi connectivity index (χ0v) is 19.3. The number of nitrogens with zero attached hydrogens (tertiary/aromatic N) is 3. The predicted octanol–water partition coefficient (Wildman–Crippen LogP) is 3.77. The number of furan rings is 1. The molecule has 1 saturated carbocycles. The Balaban J connectivity index is 1.42. The van der Waals surface area contributed by atoms with Crippen LogP contribution < -0.4 is 5.32 Å². The smallest absolute Gasteiger partial charge is 0.271 e. The van der Waals surface area contributed by atoms with E-state index < -0.39 is 5.54 Å². The van der Waals surface area contributed by atoms with Gasteiger partial charge in [0.1, 0.15) is 11.2 Å². The second-order valence-electron chi connectivity index (χ2n) is 10.1. The average molecular weight is 441 g/mol. The summed E-state index contributed by atoms with van der Waals surface area (Å²) in [5, 5.41) is 3.31. The molecule has 0 unspecified atom stereocenters. The topological polar surface area (TPSA) is 70.7 Å². The summed E-state index contributed by atoms with van der Waals surface area (Å²) < 4.78 is 7.55. The van der Waals surface area contributed by atoms with Crippen molar-refractivity contribution >= 4 is 22.9 Å². The van der Waals surface area contributed by atoms with Crippen molar-refractivity contribution in [3.8, 4) is 0 Å². The summed E-state index contributed by atoms with van der Waals surface area (Å²) in [6.07, 6.45) is 12.3. The molecule has 0 spiro atoms. The lowest BCUT2D eigenvalue weighted by molar-refractivity contribution is -0.133. The SMILES string of the molecule is C[C@@]1(C(=O)NC2CCCCC2)Cn2c(cc3occc32)C(=O)N1CCN1CCCCCC1. The van der Waals surface area contributed by atoms with Gasteiger partial charge in [0.2, 0.25) is 5.91 Å². The van der Waals surface area contributed by atoms with Crippen LogP contribution >= 0.6 is 0 Å². The number of carbonyl (C=O) groups excluding carboxylic acids is 2. The molecule has 2 aromatic rings. The zero-order chi connectivity index (χ0) is 22.1. The van der Waals surface area contributed by atoms with Gasteiger partial charge in [-0.05, 0) is 45.7 Å². The van der Waals surface area contributed by atoms with Crippen LogP contribution in [0, 0.1) is 0 Å². The first kappa shape index (κ1) is 21.6. The Morgan fingerprint density at radius 3 is 2.56 bits per heavy atom. The molecule has 32 heavy (non-hydrogen) atoms. The van der Waals surface area contributed by atoms with Crippen LogP contribution in [-0.2, 0) is 11.3 Å². The van der Waals surface area contributed by atoms with Crippen molar-refractivity contribution in [3.63, 3.8) is 0 Å². The highest BCUT2D eigenvalue weighted by molar-refractivity contribution is 6.02. The van der Waals surface area contributed by atoms with E-state index in [9.17, 15) is 9.59 Å². The number of hydrogen-bond acceptors (Lipinski definition) is 4. The van der Waals surface area contributed by atoms with Crippen molar-refractivity contribution in [1.82, 2.24) is 19.7 Å². The number of hydrogen-bond donors (Lipinski definition) is 1. The third-order valence-electron chi connectivity index (χ3n) is 7.82. The van der Waals surface area contributed by atoms with Gasteiger partial charge in [-0.1, -0.05) is 32.1 Å². The van der Waals surface area contributed by atoms with Crippen molar-refractivity contribution in [1.29, 1.82) is 0 Å². The molecule has 2 aliphatic heterocycles. The molecule has 1 saturated heterocycles. The van der Waals surface area contributed by atoms with Crippen molar-refractivity contribution in [2.75, 3.05) is 26.2 Å². The van der Waals surface area contributed by atoms with E-state index in [0.717, 1.165) is 50.8 Å². The average Bonchev–Trinajstić information content (AvgIpc) is 3.28. The maximum Gasteiger partial charge on any atom is 0.271 e. The molecule has 5 rings (SSSR count). The van der Waals surface area contributed by atoms with Crippen LogP contribution in [0.15, 0.2) is 22.8 Å². The highest BCUT2D eigenvalue weighted by Crippen LogP contribution is 2.33. The third-order valence-corrected chi connectivity index (χ3v) is 7.82. The van der Waals surface area contributed by atoms with Gasteiger partial charge in [-0.15, -0.1) is 0 Å². The number of aromatic nitrogens is 1. The Hall–Kier alpha value is -2.28. The summed E-state index contributed by atoms with van der Waals surface area (Å²) in [6, 6.07) is 3.93. The summed E-state index contributed by atoms with van der Waals surface area (Å²) in [5.41, 5.74) is 1.30. The van der Waals surface area contributed by atoms with E-state index in [0.29, 0.717) is 24.4 Å². The van der Waals surface area contributed by atoms with E-state index >= 15 is 0 Å². The first-order chi connectivity index (χ1) is 15.6. The molecule has 0 radical (unpaired) electrons. The van der Waals surface area contributed by atoms with Gasteiger partial charge in [-0.3, -0.25) is 9.59 Å². The first-order valence-electron chi connectivity index (χ1n) is 12.5. The van der Waals surface area contributed by atoms with Crippen LogP contribution in [-0.4, -0.2) is 63.9 Å². The molecular weight excluding hydrogens is 404 g/mol. The molecule has 2 amide bonds. The van der Waals surface area contributed by atoms with E-state index in [1.807, 2.05) is 28.5 Å². The third kappa shape index (κ3) is 3.96. The van der Waals surface area contributed by atoms with E-state index in [-0.39, 0.29) is 17.9 Å². The van der Waals surface area contributed by atoms with Gasteiger partial charge in [0.25, 0.3) is 5.91 Å². The standard InChI is InChI=1S/C25H36N4O3/c1-25(24(31)26-19-9-5-4-6-10-19)18-28-20-11-16-32-22(20)17-21(28)23(30)29(25)15-14-27-12-7-2-3-8-13-27/h11,16-17,19H,2-10,12-15,18H2,1H3,(H,26,31)/t25-/m0/s1. The molecule has 1 N–H and O–H groups in total. The molecule has 0 aromatic carbocycles. The van der Waals surface area contributed by atoms with Crippen LogP contribution in [0.4, 0.5) is 0 Å². The van der Waals surface area contributed by atoms with Crippen molar-refractivity contribution in [2.24, 2.45) is 0 Å². The summed E-state index contributed by atoms with van der Waals surface area (Å²) in [4.78, 5) is 31.7. The fraction of sp³-hybridized carbons (Fsp3) is 0.680. The van der Waals surface area contributed by atoms with Crippen molar-refractivity contribution in [3.05, 3.63) is 24.1 Å². The lowest BCUT2D eigenvalue weighted by Gasteiger charge is -2.45. The minimum atomic E-state index is -0.920. The number of rotatable bonds is 5. The van der Waals surface area contributed by atoms with E-state index in [1.165, 1.54) is 32.1 Å². The number of fused-ring (bicyclic) bond motifs is 3. The number of nitrogens with one attached hydrogen (secondary N) is 1. The highest BCUT2D eigenvalue weighted by Gasteiger charge is 2.48. The molecule has 174 valence electrons. The largest absolute Gasteiger partial charge is 0.463 e. The molecule has 3 aliphatic rings. The summed E-state index contributed by atoms with van der Waals surface area (Å²) >= 11 is 0. The Bertz CT molecular complexity index is 965. The predicted molar refractivity (Wildman–Crippen MR) is 124 cm³/mol. The fourth-order valence-corrected chi connectivity index (χ4v) is 5.81. The van der Waals surface area contributed by atoms with Gasteiger partial charge in [0.15, 0.2) is 5.58 Å². The molecule has 2 fully saturated rings. The minimum Gasteiger partial charge on any atom is -0.463 e. The van der Waals surface area contributed by atoms with Gasteiger partial charge in [0, 0.05) is 31.3 Å². The lowest BCUT2D eigenvalue weighted by Crippen LogP contribution is -2.65. The first-order valence-corrected chi connectivity index (χ1v) is 12.5. The van der Waals surface area contributed by atoms with Crippen LogP contribution in [0.25, 0.3) is 11.1 Å². The summed E-state index contributed by atoms with van der Waals surface area (Å²) in [7, 11) is 0. The molecule has 7 heteroatoms.